The summed E-state index contributed by atoms with van der Waals surface area (Å²) in [6.45, 7) is 0. The van der Waals surface area contributed by atoms with Crippen molar-refractivity contribution in [3.8, 4) is 11.5 Å². The minimum Gasteiger partial charge on any atom is -0.497 e. The van der Waals surface area contributed by atoms with E-state index in [0.29, 0.717) is 28.4 Å². The average molecular weight is 423 g/mol. The van der Waals surface area contributed by atoms with Crippen LogP contribution in [-0.2, 0) is 4.79 Å². The molecule has 3 aromatic rings. The molecule has 0 saturated carbocycles. The van der Waals surface area contributed by atoms with Gasteiger partial charge < -0.3 is 20.1 Å². The van der Waals surface area contributed by atoms with Gasteiger partial charge >= 0.3 is 0 Å². The normalized spacial score (nSPS) is 10.2. The molecule has 0 heterocycles. The molecule has 0 unspecified atom stereocenters. The van der Waals surface area contributed by atoms with E-state index in [0.717, 1.165) is 4.90 Å². The van der Waals surface area contributed by atoms with E-state index >= 15 is 0 Å². The van der Waals surface area contributed by atoms with E-state index in [9.17, 15) is 9.59 Å². The number of thioether (sulfide) groups is 1. The summed E-state index contributed by atoms with van der Waals surface area (Å²) in [5, 5.41) is 5.70. The maximum absolute atomic E-state index is 12.4. The number of hydrogen-bond donors (Lipinski definition) is 2. The SMILES string of the molecule is COc1cccc(NC(=O)CSc2ccc(NC(=O)c3cccc(OC)c3)cc2)c1. The highest BCUT2D eigenvalue weighted by atomic mass is 32.2. The highest BCUT2D eigenvalue weighted by Gasteiger charge is 2.08. The molecule has 2 amide bonds. The summed E-state index contributed by atoms with van der Waals surface area (Å²) in [5.74, 6) is 1.26. The minimum atomic E-state index is -0.216. The van der Waals surface area contributed by atoms with Gasteiger partial charge in [-0.15, -0.1) is 11.8 Å². The summed E-state index contributed by atoms with van der Waals surface area (Å²) in [6, 6.07) is 21.5. The Bertz CT molecular complexity index is 1020. The zero-order valence-electron chi connectivity index (χ0n) is 16.7. The van der Waals surface area contributed by atoms with Crippen molar-refractivity contribution >= 4 is 35.0 Å². The van der Waals surface area contributed by atoms with Crippen LogP contribution in [0.15, 0.2) is 77.7 Å². The second-order valence-electron chi connectivity index (χ2n) is 6.28. The maximum atomic E-state index is 12.4. The first kappa shape index (κ1) is 21.3. The van der Waals surface area contributed by atoms with Crippen LogP contribution >= 0.6 is 11.8 Å². The fourth-order valence-corrected chi connectivity index (χ4v) is 3.35. The van der Waals surface area contributed by atoms with Gasteiger partial charge in [0.15, 0.2) is 0 Å². The number of carbonyl (C=O) groups excluding carboxylic acids is 2. The summed E-state index contributed by atoms with van der Waals surface area (Å²) in [6.07, 6.45) is 0. The molecule has 0 radical (unpaired) electrons. The van der Waals surface area contributed by atoms with Crippen molar-refractivity contribution in [3.05, 3.63) is 78.4 Å². The molecule has 0 fully saturated rings. The lowest BCUT2D eigenvalue weighted by molar-refractivity contribution is -0.113. The number of hydrogen-bond acceptors (Lipinski definition) is 5. The smallest absolute Gasteiger partial charge is 0.255 e. The summed E-state index contributed by atoms with van der Waals surface area (Å²) in [4.78, 5) is 25.5. The molecule has 154 valence electrons. The van der Waals surface area contributed by atoms with Crippen LogP contribution in [0, 0.1) is 0 Å². The Hall–Kier alpha value is -3.45. The van der Waals surface area contributed by atoms with E-state index < -0.39 is 0 Å². The zero-order chi connectivity index (χ0) is 21.3. The fourth-order valence-electron chi connectivity index (χ4n) is 2.65. The van der Waals surface area contributed by atoms with Gasteiger partial charge in [0.05, 0.1) is 20.0 Å². The predicted molar refractivity (Wildman–Crippen MR) is 120 cm³/mol. The van der Waals surface area contributed by atoms with Crippen molar-refractivity contribution in [2.24, 2.45) is 0 Å². The number of rotatable bonds is 8. The van der Waals surface area contributed by atoms with Gasteiger partial charge in [-0.1, -0.05) is 12.1 Å². The average Bonchev–Trinajstić information content (AvgIpc) is 2.78. The van der Waals surface area contributed by atoms with Crippen LogP contribution in [0.3, 0.4) is 0 Å². The quantitative estimate of drug-likeness (QED) is 0.515. The molecule has 0 aromatic heterocycles. The molecule has 2 N–H and O–H groups in total. The number of nitrogens with one attached hydrogen (secondary N) is 2. The van der Waals surface area contributed by atoms with E-state index in [1.807, 2.05) is 30.3 Å². The van der Waals surface area contributed by atoms with Gasteiger partial charge in [0, 0.05) is 27.9 Å². The lowest BCUT2D eigenvalue weighted by Crippen LogP contribution is -2.14. The van der Waals surface area contributed by atoms with Crippen LogP contribution in [0.4, 0.5) is 11.4 Å². The van der Waals surface area contributed by atoms with Crippen molar-refractivity contribution in [3.63, 3.8) is 0 Å². The Kier molecular flexibility index (Phi) is 7.34. The van der Waals surface area contributed by atoms with Crippen molar-refractivity contribution in [1.29, 1.82) is 0 Å². The Morgan fingerprint density at radius 3 is 2.17 bits per heavy atom. The maximum Gasteiger partial charge on any atom is 0.255 e. The van der Waals surface area contributed by atoms with Crippen LogP contribution in [0.25, 0.3) is 0 Å². The largest absolute Gasteiger partial charge is 0.497 e. The number of anilines is 2. The molecule has 0 bridgehead atoms. The Labute approximate surface area is 179 Å². The van der Waals surface area contributed by atoms with Crippen molar-refractivity contribution in [2.45, 2.75) is 4.90 Å². The molecule has 0 aliphatic heterocycles. The Balaban J connectivity index is 1.51. The summed E-state index contributed by atoms with van der Waals surface area (Å²) < 4.78 is 10.3. The van der Waals surface area contributed by atoms with Crippen LogP contribution in [0.2, 0.25) is 0 Å². The van der Waals surface area contributed by atoms with Crippen LogP contribution in [0.1, 0.15) is 10.4 Å². The van der Waals surface area contributed by atoms with Gasteiger partial charge in [-0.3, -0.25) is 9.59 Å². The summed E-state index contributed by atoms with van der Waals surface area (Å²) in [7, 11) is 3.14. The first-order valence-corrected chi connectivity index (χ1v) is 10.2. The molecule has 0 atom stereocenters. The van der Waals surface area contributed by atoms with Crippen LogP contribution in [-0.4, -0.2) is 31.8 Å². The number of amides is 2. The van der Waals surface area contributed by atoms with E-state index in [1.54, 1.807) is 56.7 Å². The third-order valence-electron chi connectivity index (χ3n) is 4.17. The lowest BCUT2D eigenvalue weighted by atomic mass is 10.2. The third kappa shape index (κ3) is 6.02. The van der Waals surface area contributed by atoms with Gasteiger partial charge in [-0.25, -0.2) is 0 Å². The highest BCUT2D eigenvalue weighted by molar-refractivity contribution is 8.00. The highest BCUT2D eigenvalue weighted by Crippen LogP contribution is 2.22. The van der Waals surface area contributed by atoms with E-state index in [4.69, 9.17) is 9.47 Å². The number of carbonyl (C=O) groups is 2. The van der Waals surface area contributed by atoms with Gasteiger partial charge in [-0.2, -0.15) is 0 Å². The van der Waals surface area contributed by atoms with Crippen LogP contribution < -0.4 is 20.1 Å². The summed E-state index contributed by atoms with van der Waals surface area (Å²) in [5.41, 5.74) is 1.88. The van der Waals surface area contributed by atoms with E-state index in [2.05, 4.69) is 10.6 Å². The molecule has 7 heteroatoms. The first-order chi connectivity index (χ1) is 14.6. The monoisotopic (exact) mass is 422 g/mol. The molecule has 3 aromatic carbocycles. The molecular weight excluding hydrogens is 400 g/mol. The molecule has 3 rings (SSSR count). The zero-order valence-corrected chi connectivity index (χ0v) is 17.5. The molecule has 0 aliphatic carbocycles. The Morgan fingerprint density at radius 1 is 0.800 bits per heavy atom. The molecule has 0 saturated heterocycles. The number of benzene rings is 3. The molecule has 0 spiro atoms. The van der Waals surface area contributed by atoms with Crippen LogP contribution in [0.5, 0.6) is 11.5 Å². The Morgan fingerprint density at radius 2 is 1.47 bits per heavy atom. The minimum absolute atomic E-state index is 0.108. The molecule has 0 aliphatic rings. The lowest BCUT2D eigenvalue weighted by Gasteiger charge is -2.08. The summed E-state index contributed by atoms with van der Waals surface area (Å²) >= 11 is 1.41. The predicted octanol–water partition coefficient (Wildman–Crippen LogP) is 4.69. The van der Waals surface area contributed by atoms with E-state index in [-0.39, 0.29) is 17.6 Å². The topological polar surface area (TPSA) is 76.7 Å². The van der Waals surface area contributed by atoms with Crippen molar-refractivity contribution in [1.82, 2.24) is 0 Å². The molecule has 6 nitrogen and oxygen atoms in total. The first-order valence-electron chi connectivity index (χ1n) is 9.19. The standard InChI is InChI=1S/C23H22N2O4S/c1-28-19-7-3-5-16(13-19)23(27)25-17-9-11-21(12-10-17)30-15-22(26)24-18-6-4-8-20(14-18)29-2/h3-14H,15H2,1-2H3,(H,24,26)(H,25,27). The number of ether oxygens (including phenoxy) is 2. The van der Waals surface area contributed by atoms with E-state index in [1.165, 1.54) is 11.8 Å². The second-order valence-corrected chi connectivity index (χ2v) is 7.33. The number of methoxy groups -OCH3 is 2. The van der Waals surface area contributed by atoms with Gasteiger partial charge in [0.25, 0.3) is 5.91 Å². The van der Waals surface area contributed by atoms with Gasteiger partial charge in [0.2, 0.25) is 5.91 Å². The third-order valence-corrected chi connectivity index (χ3v) is 5.18. The van der Waals surface area contributed by atoms with Gasteiger partial charge in [0.1, 0.15) is 11.5 Å². The van der Waals surface area contributed by atoms with Crippen molar-refractivity contribution < 1.29 is 19.1 Å². The van der Waals surface area contributed by atoms with Gasteiger partial charge in [-0.05, 0) is 54.6 Å². The molecular formula is C23H22N2O4S. The van der Waals surface area contributed by atoms with Crippen molar-refractivity contribution in [2.75, 3.05) is 30.6 Å². The molecule has 30 heavy (non-hydrogen) atoms. The fraction of sp³-hybridized carbons (Fsp3) is 0.130. The second kappa shape index (κ2) is 10.4.